The van der Waals surface area contributed by atoms with Crippen LogP contribution in [0, 0.1) is 0 Å². The molecule has 0 spiro atoms. The molecule has 0 radical (unpaired) electrons. The third-order valence-electron chi connectivity index (χ3n) is 4.30. The van der Waals surface area contributed by atoms with Crippen molar-refractivity contribution in [2.45, 2.75) is 38.8 Å². The molecule has 1 aromatic carbocycles. The second kappa shape index (κ2) is 6.76. The molecule has 1 aliphatic carbocycles. The van der Waals surface area contributed by atoms with E-state index in [1.165, 1.54) is 17.6 Å². The van der Waals surface area contributed by atoms with Crippen LogP contribution in [0.5, 0.6) is 5.75 Å². The molecule has 0 N–H and O–H groups in total. The smallest absolute Gasteiger partial charge is 0.119 e. The SMILES string of the molecule is COc1cccc([C@H](C)N(C)[C@@H](C)C2=CCCC=C2)c1. The molecule has 2 rings (SSSR count). The Morgan fingerprint density at radius 3 is 2.60 bits per heavy atom. The Hall–Kier alpha value is -1.54. The Kier molecular flexibility index (Phi) is 5.02. The largest absolute Gasteiger partial charge is 0.497 e. The van der Waals surface area contributed by atoms with E-state index >= 15 is 0 Å². The average Bonchev–Trinajstić information content (AvgIpc) is 2.53. The molecule has 2 heteroatoms. The van der Waals surface area contributed by atoms with E-state index in [0.29, 0.717) is 12.1 Å². The lowest BCUT2D eigenvalue weighted by atomic mass is 9.98. The second-order valence-electron chi connectivity index (χ2n) is 5.48. The van der Waals surface area contributed by atoms with Crippen LogP contribution in [0.3, 0.4) is 0 Å². The van der Waals surface area contributed by atoms with E-state index in [-0.39, 0.29) is 0 Å². The van der Waals surface area contributed by atoms with Gasteiger partial charge in [-0.3, -0.25) is 4.90 Å². The zero-order chi connectivity index (χ0) is 14.5. The number of allylic oxidation sites excluding steroid dienone is 2. The molecule has 20 heavy (non-hydrogen) atoms. The predicted molar refractivity (Wildman–Crippen MR) is 85.1 cm³/mol. The molecule has 0 heterocycles. The summed E-state index contributed by atoms with van der Waals surface area (Å²) in [6.45, 7) is 4.52. The van der Waals surface area contributed by atoms with Gasteiger partial charge in [0.25, 0.3) is 0 Å². The van der Waals surface area contributed by atoms with Crippen LogP contribution in [0.4, 0.5) is 0 Å². The fourth-order valence-electron chi connectivity index (χ4n) is 2.65. The van der Waals surface area contributed by atoms with Crippen LogP contribution < -0.4 is 4.74 Å². The second-order valence-corrected chi connectivity index (χ2v) is 5.48. The van der Waals surface area contributed by atoms with E-state index in [2.05, 4.69) is 62.2 Å². The van der Waals surface area contributed by atoms with Gasteiger partial charge >= 0.3 is 0 Å². The maximum absolute atomic E-state index is 5.32. The zero-order valence-corrected chi connectivity index (χ0v) is 13.0. The normalized spacial score (nSPS) is 17.8. The summed E-state index contributed by atoms with van der Waals surface area (Å²) < 4.78 is 5.32. The molecule has 0 aliphatic heterocycles. The summed E-state index contributed by atoms with van der Waals surface area (Å²) in [7, 11) is 3.91. The molecule has 0 saturated heterocycles. The topological polar surface area (TPSA) is 12.5 Å². The lowest BCUT2D eigenvalue weighted by Gasteiger charge is -2.32. The van der Waals surface area contributed by atoms with Crippen LogP contribution in [0.2, 0.25) is 0 Å². The zero-order valence-electron chi connectivity index (χ0n) is 13.0. The molecule has 2 atom stereocenters. The first-order valence-corrected chi connectivity index (χ1v) is 7.36. The average molecular weight is 271 g/mol. The number of methoxy groups -OCH3 is 1. The van der Waals surface area contributed by atoms with Crippen molar-refractivity contribution < 1.29 is 4.74 Å². The fourth-order valence-corrected chi connectivity index (χ4v) is 2.65. The highest BCUT2D eigenvalue weighted by Crippen LogP contribution is 2.27. The molecule has 0 unspecified atom stereocenters. The molecule has 0 bridgehead atoms. The van der Waals surface area contributed by atoms with Gasteiger partial charge in [0.05, 0.1) is 7.11 Å². The quantitative estimate of drug-likeness (QED) is 0.789. The number of rotatable bonds is 5. The van der Waals surface area contributed by atoms with Gasteiger partial charge in [-0.2, -0.15) is 0 Å². The van der Waals surface area contributed by atoms with Gasteiger partial charge in [-0.15, -0.1) is 0 Å². The summed E-state index contributed by atoms with van der Waals surface area (Å²) in [6, 6.07) is 9.12. The highest BCUT2D eigenvalue weighted by molar-refractivity contribution is 5.32. The summed E-state index contributed by atoms with van der Waals surface area (Å²) in [5.74, 6) is 0.923. The number of hydrogen-bond acceptors (Lipinski definition) is 2. The number of hydrogen-bond donors (Lipinski definition) is 0. The van der Waals surface area contributed by atoms with Gasteiger partial charge in [0.1, 0.15) is 5.75 Å². The van der Waals surface area contributed by atoms with Gasteiger partial charge < -0.3 is 4.74 Å². The van der Waals surface area contributed by atoms with Crippen molar-refractivity contribution >= 4 is 0 Å². The first kappa shape index (κ1) is 14.9. The summed E-state index contributed by atoms with van der Waals surface area (Å²) in [5.41, 5.74) is 2.72. The lowest BCUT2D eigenvalue weighted by Crippen LogP contribution is -2.33. The standard InChI is InChI=1S/C18H25NO/c1-14(16-9-6-5-7-10-16)19(3)15(2)17-11-8-12-18(13-17)20-4/h6,8-15H,5,7H2,1-4H3/t14-,15-/m0/s1. The first-order valence-electron chi connectivity index (χ1n) is 7.36. The summed E-state index contributed by atoms with van der Waals surface area (Å²) in [6.07, 6.45) is 9.24. The number of ether oxygens (including phenoxy) is 1. The van der Waals surface area contributed by atoms with Crippen molar-refractivity contribution in [1.82, 2.24) is 4.90 Å². The van der Waals surface area contributed by atoms with Crippen LogP contribution in [0.25, 0.3) is 0 Å². The van der Waals surface area contributed by atoms with Crippen molar-refractivity contribution in [3.63, 3.8) is 0 Å². The Morgan fingerprint density at radius 1 is 1.15 bits per heavy atom. The van der Waals surface area contributed by atoms with Crippen LogP contribution in [-0.2, 0) is 0 Å². The van der Waals surface area contributed by atoms with Crippen molar-refractivity contribution in [1.29, 1.82) is 0 Å². The van der Waals surface area contributed by atoms with E-state index in [1.807, 2.05) is 6.07 Å². The lowest BCUT2D eigenvalue weighted by molar-refractivity contribution is 0.222. The molecular weight excluding hydrogens is 246 g/mol. The molecular formula is C18H25NO. The van der Waals surface area contributed by atoms with Crippen LogP contribution in [0.15, 0.2) is 48.1 Å². The molecule has 0 amide bonds. The molecule has 0 fully saturated rings. The van der Waals surface area contributed by atoms with Crippen LogP contribution in [0.1, 0.15) is 38.3 Å². The first-order chi connectivity index (χ1) is 9.63. The molecule has 0 aromatic heterocycles. The van der Waals surface area contributed by atoms with E-state index in [9.17, 15) is 0 Å². The fraction of sp³-hybridized carbons (Fsp3) is 0.444. The van der Waals surface area contributed by atoms with E-state index in [4.69, 9.17) is 4.74 Å². The molecule has 1 aromatic rings. The van der Waals surface area contributed by atoms with Crippen molar-refractivity contribution in [3.05, 3.63) is 53.6 Å². The third-order valence-corrected chi connectivity index (χ3v) is 4.30. The summed E-state index contributed by atoms with van der Waals surface area (Å²) in [4.78, 5) is 2.41. The van der Waals surface area contributed by atoms with Crippen molar-refractivity contribution in [2.24, 2.45) is 0 Å². The summed E-state index contributed by atoms with van der Waals surface area (Å²) >= 11 is 0. The van der Waals surface area contributed by atoms with Crippen molar-refractivity contribution in [3.8, 4) is 5.75 Å². The molecule has 0 saturated carbocycles. The highest BCUT2D eigenvalue weighted by atomic mass is 16.5. The number of likely N-dealkylation sites (N-methyl/N-ethyl adjacent to an activating group) is 1. The molecule has 108 valence electrons. The summed E-state index contributed by atoms with van der Waals surface area (Å²) in [5, 5.41) is 0. The van der Waals surface area contributed by atoms with Crippen molar-refractivity contribution in [2.75, 3.05) is 14.2 Å². The van der Waals surface area contributed by atoms with Gasteiger partial charge in [0, 0.05) is 12.1 Å². The maximum atomic E-state index is 5.32. The highest BCUT2D eigenvalue weighted by Gasteiger charge is 2.20. The Bertz CT molecular complexity index is 504. The number of nitrogens with zero attached hydrogens (tertiary/aromatic N) is 1. The molecule has 2 nitrogen and oxygen atoms in total. The van der Waals surface area contributed by atoms with Crippen LogP contribution in [-0.4, -0.2) is 25.1 Å². The van der Waals surface area contributed by atoms with E-state index < -0.39 is 0 Å². The monoisotopic (exact) mass is 271 g/mol. The van der Waals surface area contributed by atoms with Gasteiger partial charge in [0.2, 0.25) is 0 Å². The molecule has 1 aliphatic rings. The van der Waals surface area contributed by atoms with E-state index in [0.717, 1.165) is 12.2 Å². The predicted octanol–water partition coefficient (Wildman–Crippen LogP) is 4.35. The van der Waals surface area contributed by atoms with E-state index in [1.54, 1.807) is 7.11 Å². The minimum atomic E-state index is 0.358. The Labute approximate surface area is 122 Å². The van der Waals surface area contributed by atoms with Gasteiger partial charge in [-0.05, 0) is 57.0 Å². The third kappa shape index (κ3) is 3.31. The Balaban J connectivity index is 2.12. The van der Waals surface area contributed by atoms with Crippen LogP contribution >= 0.6 is 0 Å². The van der Waals surface area contributed by atoms with Gasteiger partial charge in [0.15, 0.2) is 0 Å². The number of benzene rings is 1. The Morgan fingerprint density at radius 2 is 1.95 bits per heavy atom. The maximum Gasteiger partial charge on any atom is 0.119 e. The minimum absolute atomic E-state index is 0.358. The van der Waals surface area contributed by atoms with Gasteiger partial charge in [-0.1, -0.05) is 30.4 Å². The minimum Gasteiger partial charge on any atom is -0.497 e. The van der Waals surface area contributed by atoms with Gasteiger partial charge in [-0.25, -0.2) is 0 Å².